The van der Waals surface area contributed by atoms with E-state index in [-0.39, 0.29) is 11.5 Å². The number of para-hydroxylation sites is 1. The molecule has 1 amide bonds. The molecule has 6 nitrogen and oxygen atoms in total. The molecule has 0 radical (unpaired) electrons. The van der Waals surface area contributed by atoms with Crippen molar-refractivity contribution in [2.45, 2.75) is 6.54 Å². The van der Waals surface area contributed by atoms with E-state index in [1.165, 1.54) is 11.3 Å². The topological polar surface area (TPSA) is 60.2 Å². The van der Waals surface area contributed by atoms with E-state index in [0.717, 1.165) is 15.6 Å². The predicted octanol–water partition coefficient (Wildman–Crippen LogP) is 5.48. The van der Waals surface area contributed by atoms with Crippen LogP contribution in [0.15, 0.2) is 89.2 Å². The number of hydrogen-bond acceptors (Lipinski definition) is 5. The minimum atomic E-state index is -0.201. The highest BCUT2D eigenvalue weighted by Gasteiger charge is 2.24. The predicted molar refractivity (Wildman–Crippen MR) is 144 cm³/mol. The lowest BCUT2D eigenvalue weighted by molar-refractivity contribution is 0.0682. The summed E-state index contributed by atoms with van der Waals surface area (Å²) < 4.78 is 13.4. The van der Waals surface area contributed by atoms with E-state index in [9.17, 15) is 9.59 Å². The Morgan fingerprint density at radius 3 is 2.53 bits per heavy atom. The Morgan fingerprint density at radius 2 is 1.75 bits per heavy atom. The molecule has 0 atom stereocenters. The molecule has 3 heterocycles. The van der Waals surface area contributed by atoms with Crippen LogP contribution >= 0.6 is 11.3 Å². The largest absolute Gasteiger partial charge is 0.496 e. The third-order valence-corrected chi connectivity index (χ3v) is 7.18. The molecule has 5 aromatic rings. The maximum atomic E-state index is 14.2. The third-order valence-electron chi connectivity index (χ3n) is 6.24. The first-order valence-corrected chi connectivity index (χ1v) is 12.5. The minimum Gasteiger partial charge on any atom is -0.496 e. The molecular weight excluding hydrogens is 472 g/mol. The Kier molecular flexibility index (Phi) is 6.84. The van der Waals surface area contributed by atoms with Crippen LogP contribution in [-0.4, -0.2) is 42.6 Å². The van der Waals surface area contributed by atoms with Gasteiger partial charge in [-0.25, -0.2) is 0 Å². The molecule has 0 aliphatic rings. The van der Waals surface area contributed by atoms with Crippen LogP contribution in [0.2, 0.25) is 0 Å². The molecule has 0 saturated heterocycles. The average Bonchev–Trinajstić information content (AvgIpc) is 3.41. The van der Waals surface area contributed by atoms with Crippen molar-refractivity contribution in [3.63, 3.8) is 0 Å². The lowest BCUT2D eigenvalue weighted by Gasteiger charge is -2.24. The van der Waals surface area contributed by atoms with Crippen molar-refractivity contribution in [3.05, 3.63) is 106 Å². The number of pyridine rings is 2. The van der Waals surface area contributed by atoms with E-state index in [1.807, 2.05) is 72.1 Å². The van der Waals surface area contributed by atoms with Gasteiger partial charge in [-0.2, -0.15) is 0 Å². The lowest BCUT2D eigenvalue weighted by Crippen LogP contribution is -2.34. The molecule has 0 N–H and O–H groups in total. The van der Waals surface area contributed by atoms with Gasteiger partial charge in [-0.05, 0) is 40.6 Å². The van der Waals surface area contributed by atoms with Gasteiger partial charge in [0.1, 0.15) is 5.75 Å². The number of benzene rings is 2. The lowest BCUT2D eigenvalue weighted by atomic mass is 10.0. The molecule has 0 bridgehead atoms. The monoisotopic (exact) mass is 498 g/mol. The Labute approximate surface area is 212 Å². The summed E-state index contributed by atoms with van der Waals surface area (Å²) in [6, 6.07) is 22.9. The van der Waals surface area contributed by atoms with E-state index in [2.05, 4.69) is 0 Å². The number of nitrogens with zero attached hydrogens (tertiary/aromatic N) is 2. The van der Waals surface area contributed by atoms with E-state index >= 15 is 0 Å². The van der Waals surface area contributed by atoms with Gasteiger partial charge in [0.2, 0.25) is 0 Å². The van der Waals surface area contributed by atoms with Crippen molar-refractivity contribution in [1.82, 2.24) is 9.30 Å². The van der Waals surface area contributed by atoms with Gasteiger partial charge in [-0.3, -0.25) is 14.0 Å². The molecule has 0 aliphatic carbocycles. The van der Waals surface area contributed by atoms with Crippen molar-refractivity contribution in [1.29, 1.82) is 0 Å². The van der Waals surface area contributed by atoms with Crippen molar-refractivity contribution < 1.29 is 14.3 Å². The number of carbonyl (C=O) groups is 1. The fourth-order valence-electron chi connectivity index (χ4n) is 4.46. The Hall–Kier alpha value is -3.94. The molecule has 0 aliphatic heterocycles. The molecule has 0 spiro atoms. The zero-order valence-corrected chi connectivity index (χ0v) is 21.0. The second kappa shape index (κ2) is 10.4. The molecule has 0 unspecified atom stereocenters. The second-order valence-corrected chi connectivity index (χ2v) is 9.34. The maximum absolute atomic E-state index is 14.2. The Balaban J connectivity index is 1.75. The van der Waals surface area contributed by atoms with Crippen LogP contribution in [0.1, 0.15) is 15.9 Å². The highest BCUT2D eigenvalue weighted by molar-refractivity contribution is 7.18. The van der Waals surface area contributed by atoms with Crippen LogP contribution < -0.4 is 10.3 Å². The zero-order valence-electron chi connectivity index (χ0n) is 20.1. The second-order valence-electron chi connectivity index (χ2n) is 8.42. The Morgan fingerprint density at radius 1 is 0.972 bits per heavy atom. The summed E-state index contributed by atoms with van der Waals surface area (Å²) >= 11 is 1.52. The summed E-state index contributed by atoms with van der Waals surface area (Å²) in [5.41, 5.74) is 2.96. The van der Waals surface area contributed by atoms with Crippen molar-refractivity contribution >= 4 is 32.8 Å². The van der Waals surface area contributed by atoms with Crippen LogP contribution in [0, 0.1) is 0 Å². The van der Waals surface area contributed by atoms with E-state index < -0.39 is 0 Å². The van der Waals surface area contributed by atoms with Gasteiger partial charge in [0.15, 0.2) is 0 Å². The summed E-state index contributed by atoms with van der Waals surface area (Å²) in [6.45, 7) is 1.25. The number of thiophene rings is 1. The van der Waals surface area contributed by atoms with Crippen LogP contribution in [0.4, 0.5) is 0 Å². The van der Waals surface area contributed by atoms with Crippen molar-refractivity contribution in [2.24, 2.45) is 0 Å². The number of methoxy groups -OCH3 is 2. The van der Waals surface area contributed by atoms with Crippen LogP contribution in [0.5, 0.6) is 5.75 Å². The molecule has 5 rings (SSSR count). The smallest absolute Gasteiger partial charge is 0.263 e. The quantitative estimate of drug-likeness (QED) is 0.284. The minimum absolute atomic E-state index is 0.162. The number of carbonyl (C=O) groups excluding carboxylic acids is 1. The highest BCUT2D eigenvalue weighted by atomic mass is 32.1. The molecule has 7 heteroatoms. The van der Waals surface area contributed by atoms with E-state index in [0.29, 0.717) is 47.7 Å². The van der Waals surface area contributed by atoms with Gasteiger partial charge in [-0.15, -0.1) is 11.3 Å². The molecular formula is C29H26N2O4S. The Bertz CT molecular complexity index is 1590. The number of fused-ring (bicyclic) bond motifs is 3. The molecule has 36 heavy (non-hydrogen) atoms. The standard InChI is InChI=1S/C29H26N2O4S/c1-34-16-15-30(19-20-8-4-3-5-9-20)28(32)24-18-23(22-10-6-7-11-25(22)35-2)29(33)31-14-12-21-13-17-36-27(21)26(24)31/h3-14,17-18H,15-16,19H2,1-2H3. The van der Waals surface area contributed by atoms with E-state index in [1.54, 1.807) is 35.8 Å². The van der Waals surface area contributed by atoms with Gasteiger partial charge in [0, 0.05) is 32.0 Å². The average molecular weight is 499 g/mol. The summed E-state index contributed by atoms with van der Waals surface area (Å²) in [4.78, 5) is 29.7. The van der Waals surface area contributed by atoms with Crippen molar-refractivity contribution in [3.8, 4) is 16.9 Å². The van der Waals surface area contributed by atoms with Gasteiger partial charge < -0.3 is 14.4 Å². The van der Waals surface area contributed by atoms with Gasteiger partial charge in [0.25, 0.3) is 11.5 Å². The number of aromatic nitrogens is 1. The van der Waals surface area contributed by atoms with Crippen molar-refractivity contribution in [2.75, 3.05) is 27.4 Å². The van der Waals surface area contributed by atoms with Crippen LogP contribution in [-0.2, 0) is 11.3 Å². The summed E-state index contributed by atoms with van der Waals surface area (Å²) in [6.07, 6.45) is 1.75. The molecule has 0 fully saturated rings. The number of ether oxygens (including phenoxy) is 2. The maximum Gasteiger partial charge on any atom is 0.263 e. The first kappa shape index (κ1) is 23.8. The number of rotatable bonds is 8. The fraction of sp³-hybridized carbons (Fsp3) is 0.172. The molecule has 3 aromatic heterocycles. The molecule has 2 aromatic carbocycles. The fourth-order valence-corrected chi connectivity index (χ4v) is 5.40. The number of hydrogen-bond donors (Lipinski definition) is 0. The summed E-state index contributed by atoms with van der Waals surface area (Å²) in [5.74, 6) is 0.413. The van der Waals surface area contributed by atoms with Crippen LogP contribution in [0.25, 0.3) is 26.7 Å². The van der Waals surface area contributed by atoms with E-state index in [4.69, 9.17) is 9.47 Å². The van der Waals surface area contributed by atoms with Gasteiger partial charge in [-0.1, -0.05) is 48.5 Å². The summed E-state index contributed by atoms with van der Waals surface area (Å²) in [7, 11) is 3.20. The normalized spacial score (nSPS) is 11.2. The van der Waals surface area contributed by atoms with Gasteiger partial charge in [0.05, 0.1) is 35.1 Å². The molecule has 0 saturated carbocycles. The molecule has 182 valence electrons. The first-order chi connectivity index (χ1) is 17.6. The highest BCUT2D eigenvalue weighted by Crippen LogP contribution is 2.33. The third kappa shape index (κ3) is 4.39. The number of amides is 1. The SMILES string of the molecule is COCCN(Cc1ccccc1)C(=O)c1cc(-c2ccccc2OC)c(=O)n2ccc3ccsc3c12. The first-order valence-electron chi connectivity index (χ1n) is 11.6. The zero-order chi connectivity index (χ0) is 25.1. The summed E-state index contributed by atoms with van der Waals surface area (Å²) in [5, 5.41) is 2.97. The van der Waals surface area contributed by atoms with Crippen LogP contribution in [0.3, 0.4) is 0 Å². The van der Waals surface area contributed by atoms with Gasteiger partial charge >= 0.3 is 0 Å².